The van der Waals surface area contributed by atoms with Crippen LogP contribution in [0.3, 0.4) is 0 Å². The third-order valence-electron chi connectivity index (χ3n) is 5.22. The largest absolute Gasteiger partial charge is 0.407 e. The van der Waals surface area contributed by atoms with Crippen LogP contribution in [0.1, 0.15) is 44.6 Å². The van der Waals surface area contributed by atoms with Crippen LogP contribution >= 0.6 is 34.7 Å². The maximum Gasteiger partial charge on any atom is 0.322 e. The summed E-state index contributed by atoms with van der Waals surface area (Å²) < 4.78 is 33.6. The van der Waals surface area contributed by atoms with Crippen molar-refractivity contribution in [3.63, 3.8) is 0 Å². The first kappa shape index (κ1) is 25.2. The van der Waals surface area contributed by atoms with Crippen LogP contribution in [-0.4, -0.2) is 46.7 Å². The number of hydrogen-bond acceptors (Lipinski definition) is 8. The molecule has 2 aromatic heterocycles. The molecule has 1 aliphatic heterocycles. The van der Waals surface area contributed by atoms with E-state index in [1.165, 1.54) is 21.3 Å². The van der Waals surface area contributed by atoms with Crippen molar-refractivity contribution in [3.8, 4) is 0 Å². The number of hydrogen-bond donors (Lipinski definition) is 1. The van der Waals surface area contributed by atoms with Gasteiger partial charge >= 0.3 is 6.01 Å². The number of nitrogens with one attached hydrogen (secondary N) is 1. The molecule has 1 unspecified atom stereocenters. The van der Waals surface area contributed by atoms with Crippen molar-refractivity contribution < 1.29 is 17.6 Å². The van der Waals surface area contributed by atoms with Gasteiger partial charge in [0.05, 0.1) is 10.8 Å². The predicted molar refractivity (Wildman–Crippen MR) is 134 cm³/mol. The molecule has 0 bridgehead atoms. The minimum absolute atomic E-state index is 0.0472. The van der Waals surface area contributed by atoms with Crippen molar-refractivity contribution >= 4 is 56.6 Å². The number of halogens is 1. The zero-order valence-corrected chi connectivity index (χ0v) is 21.9. The molecule has 0 spiro atoms. The number of thiophene rings is 1. The van der Waals surface area contributed by atoms with Crippen LogP contribution in [0.5, 0.6) is 0 Å². The van der Waals surface area contributed by atoms with E-state index in [0.29, 0.717) is 34.7 Å². The number of aromatic nitrogens is 2. The van der Waals surface area contributed by atoms with E-state index >= 15 is 0 Å². The summed E-state index contributed by atoms with van der Waals surface area (Å²) in [6.45, 7) is 4.55. The van der Waals surface area contributed by atoms with Crippen LogP contribution in [-0.2, 0) is 21.2 Å². The molecule has 1 aliphatic rings. The summed E-state index contributed by atoms with van der Waals surface area (Å²) in [5.74, 6) is -0.128. The van der Waals surface area contributed by atoms with Gasteiger partial charge in [-0.05, 0) is 42.7 Å². The van der Waals surface area contributed by atoms with Crippen LogP contribution in [0, 0.1) is 0 Å². The summed E-state index contributed by atoms with van der Waals surface area (Å²) in [4.78, 5) is 14.2. The van der Waals surface area contributed by atoms with Gasteiger partial charge in [0.1, 0.15) is 10.3 Å². The highest BCUT2D eigenvalue weighted by Gasteiger charge is 2.38. The quantitative estimate of drug-likeness (QED) is 0.398. The number of piperidine rings is 1. The molecule has 4 rings (SSSR count). The number of carbonyl (C=O) groups is 1. The van der Waals surface area contributed by atoms with Crippen molar-refractivity contribution in [2.45, 2.75) is 59.9 Å². The van der Waals surface area contributed by atoms with E-state index in [1.54, 1.807) is 11.8 Å². The summed E-state index contributed by atoms with van der Waals surface area (Å²) in [6, 6.07) is 10.2. The van der Waals surface area contributed by atoms with Gasteiger partial charge in [0.25, 0.3) is 10.0 Å². The first-order valence-corrected chi connectivity index (χ1v) is 14.4. The zero-order valence-electron chi connectivity index (χ0n) is 18.7. The third-order valence-corrected chi connectivity index (χ3v) is 9.84. The number of nitrogens with zero attached hydrogens (tertiary/aromatic N) is 3. The van der Waals surface area contributed by atoms with E-state index in [4.69, 9.17) is 16.0 Å². The lowest BCUT2D eigenvalue weighted by molar-refractivity contribution is -0.120. The third kappa shape index (κ3) is 6.01. The van der Waals surface area contributed by atoms with E-state index in [1.807, 2.05) is 12.1 Å². The van der Waals surface area contributed by atoms with Gasteiger partial charge in [0, 0.05) is 16.7 Å². The topological polar surface area (TPSA) is 105 Å². The van der Waals surface area contributed by atoms with Gasteiger partial charge in [0.15, 0.2) is 0 Å². The molecule has 1 saturated heterocycles. The highest BCUT2D eigenvalue weighted by Crippen LogP contribution is 2.32. The Kier molecular flexibility index (Phi) is 7.98. The highest BCUT2D eigenvalue weighted by atomic mass is 35.5. The molecular weight excluding hydrogens is 516 g/mol. The average molecular weight is 541 g/mol. The Bertz CT molecular complexity index is 1240. The predicted octanol–water partition coefficient (Wildman–Crippen LogP) is 5.06. The number of benzene rings is 1. The standard InChI is InChI=1S/C22H25ClN4O4S3/c1-14(2)32-16-8-6-15(7-9-16)13-19-25-26-22(31-19)24-21(28)17-5-3-4-12-27(17)34(29,30)20-11-10-18(23)33-20/h6-11,14,17H,3-5,12-13H2,1-2H3,(H,24,26,28). The summed E-state index contributed by atoms with van der Waals surface area (Å²) in [5, 5.41) is 11.0. The van der Waals surface area contributed by atoms with Gasteiger partial charge < -0.3 is 4.42 Å². The summed E-state index contributed by atoms with van der Waals surface area (Å²) in [6.07, 6.45) is 2.27. The van der Waals surface area contributed by atoms with Crippen LogP contribution in [0.4, 0.5) is 6.01 Å². The van der Waals surface area contributed by atoms with Crippen molar-refractivity contribution in [2.24, 2.45) is 0 Å². The Hall–Kier alpha value is -1.92. The number of thioether (sulfide) groups is 1. The molecule has 1 atom stereocenters. The Morgan fingerprint density at radius 1 is 1.24 bits per heavy atom. The van der Waals surface area contributed by atoms with E-state index in [2.05, 4.69) is 41.5 Å². The molecule has 1 N–H and O–H groups in total. The molecule has 182 valence electrons. The van der Waals surface area contributed by atoms with Gasteiger partial charge in [-0.2, -0.15) is 4.31 Å². The van der Waals surface area contributed by atoms with E-state index < -0.39 is 22.0 Å². The molecule has 1 fully saturated rings. The van der Waals surface area contributed by atoms with Crippen LogP contribution in [0.2, 0.25) is 4.34 Å². The average Bonchev–Trinajstić information content (AvgIpc) is 3.44. The minimum atomic E-state index is -3.84. The SMILES string of the molecule is CC(C)Sc1ccc(Cc2nnc(NC(=O)C3CCCCN3S(=O)(=O)c3ccc(Cl)s3)o2)cc1. The molecular formula is C22H25ClN4O4S3. The van der Waals surface area contributed by atoms with Gasteiger partial charge in [0.2, 0.25) is 11.8 Å². The Labute approximate surface area is 212 Å². The van der Waals surface area contributed by atoms with Gasteiger partial charge in [-0.25, -0.2) is 8.42 Å². The molecule has 3 aromatic rings. The van der Waals surface area contributed by atoms with Crippen molar-refractivity contribution in [1.82, 2.24) is 14.5 Å². The zero-order chi connectivity index (χ0) is 24.3. The maximum absolute atomic E-state index is 13.1. The fraction of sp³-hybridized carbons (Fsp3) is 0.409. The first-order chi connectivity index (χ1) is 16.2. The molecule has 3 heterocycles. The van der Waals surface area contributed by atoms with Gasteiger partial charge in [-0.3, -0.25) is 10.1 Å². The molecule has 0 radical (unpaired) electrons. The normalized spacial score (nSPS) is 17.2. The monoisotopic (exact) mass is 540 g/mol. The van der Waals surface area contributed by atoms with Crippen molar-refractivity contribution in [1.29, 1.82) is 0 Å². The second kappa shape index (κ2) is 10.8. The van der Waals surface area contributed by atoms with Gasteiger partial charge in [-0.1, -0.05) is 49.1 Å². The van der Waals surface area contributed by atoms with E-state index in [9.17, 15) is 13.2 Å². The maximum atomic E-state index is 13.1. The second-order valence-corrected chi connectivity index (χ2v) is 13.6. The lowest BCUT2D eigenvalue weighted by Gasteiger charge is -2.32. The van der Waals surface area contributed by atoms with E-state index in [-0.39, 0.29) is 16.8 Å². The second-order valence-electron chi connectivity index (χ2n) is 8.16. The lowest BCUT2D eigenvalue weighted by Crippen LogP contribution is -2.49. The Morgan fingerprint density at radius 3 is 2.68 bits per heavy atom. The fourth-order valence-corrected chi connectivity index (χ4v) is 7.81. The number of amides is 1. The number of anilines is 1. The fourth-order valence-electron chi connectivity index (χ4n) is 3.70. The molecule has 0 aliphatic carbocycles. The lowest BCUT2D eigenvalue weighted by atomic mass is 10.0. The molecule has 1 aromatic carbocycles. The van der Waals surface area contributed by atoms with Crippen LogP contribution < -0.4 is 5.32 Å². The Balaban J connectivity index is 1.42. The van der Waals surface area contributed by atoms with Crippen molar-refractivity contribution in [2.75, 3.05) is 11.9 Å². The highest BCUT2D eigenvalue weighted by molar-refractivity contribution is 7.99. The Morgan fingerprint density at radius 2 is 2.00 bits per heavy atom. The molecule has 12 heteroatoms. The van der Waals surface area contributed by atoms with Crippen LogP contribution in [0.25, 0.3) is 0 Å². The summed E-state index contributed by atoms with van der Waals surface area (Å²) in [5.41, 5.74) is 1.01. The molecule has 34 heavy (non-hydrogen) atoms. The number of rotatable bonds is 8. The molecule has 1 amide bonds. The first-order valence-electron chi connectivity index (χ1n) is 10.9. The van der Waals surface area contributed by atoms with Gasteiger partial charge in [-0.15, -0.1) is 28.2 Å². The smallest absolute Gasteiger partial charge is 0.322 e. The van der Waals surface area contributed by atoms with Crippen molar-refractivity contribution in [3.05, 3.63) is 52.2 Å². The minimum Gasteiger partial charge on any atom is -0.407 e. The number of carbonyl (C=O) groups excluding carboxylic acids is 1. The molecule has 8 nitrogen and oxygen atoms in total. The van der Waals surface area contributed by atoms with Crippen LogP contribution in [0.15, 0.2) is 49.9 Å². The molecule has 0 saturated carbocycles. The summed E-state index contributed by atoms with van der Waals surface area (Å²) >= 11 is 8.69. The summed E-state index contributed by atoms with van der Waals surface area (Å²) in [7, 11) is -3.84. The number of sulfonamides is 1. The van der Waals surface area contributed by atoms with E-state index in [0.717, 1.165) is 23.3 Å².